The Balaban J connectivity index is 3.42. The molecule has 0 saturated heterocycles. The first-order valence-corrected chi connectivity index (χ1v) is 3.98. The predicted octanol–water partition coefficient (Wildman–Crippen LogP) is 2.67. The highest BCUT2D eigenvalue weighted by Gasteiger charge is 2.11. The summed E-state index contributed by atoms with van der Waals surface area (Å²) in [5, 5.41) is 9.96. The number of ether oxygens (including phenoxy) is 1. The number of hydrogen-bond donors (Lipinski definition) is 1. The predicted molar refractivity (Wildman–Crippen MR) is 49.1 cm³/mol. The molecule has 1 rings (SSSR count). The van der Waals surface area contributed by atoms with Crippen molar-refractivity contribution in [3.05, 3.63) is 22.2 Å². The molecule has 0 fully saturated rings. The summed E-state index contributed by atoms with van der Waals surface area (Å²) in [5.41, 5.74) is 1.49. The van der Waals surface area contributed by atoms with Gasteiger partial charge in [0.1, 0.15) is 11.5 Å². The number of hydrogen-bond acceptors (Lipinski definition) is 2. The SMILES string of the molecule is COc1c(C)c(O)cc(C)c1Cl. The summed E-state index contributed by atoms with van der Waals surface area (Å²) >= 11 is 5.93. The molecule has 1 N–H and O–H groups in total. The van der Waals surface area contributed by atoms with Gasteiger partial charge in [-0.2, -0.15) is 0 Å². The molecule has 0 atom stereocenters. The van der Waals surface area contributed by atoms with E-state index >= 15 is 0 Å². The topological polar surface area (TPSA) is 29.5 Å². The van der Waals surface area contributed by atoms with Crippen molar-refractivity contribution in [3.8, 4) is 11.5 Å². The Bertz CT molecular complexity index is 282. The van der Waals surface area contributed by atoms with Gasteiger partial charge >= 0.3 is 0 Å². The maximum Gasteiger partial charge on any atom is 0.144 e. The standard InChI is InChI=1S/C9H11ClO2/c1-5-4-7(11)6(2)9(12-3)8(5)10/h4,11H,1-3H3. The Morgan fingerprint density at radius 3 is 2.50 bits per heavy atom. The Labute approximate surface area is 76.7 Å². The Morgan fingerprint density at radius 2 is 2.00 bits per heavy atom. The molecule has 3 heteroatoms. The van der Waals surface area contributed by atoms with Crippen molar-refractivity contribution in [2.24, 2.45) is 0 Å². The van der Waals surface area contributed by atoms with E-state index in [0.29, 0.717) is 16.3 Å². The average molecular weight is 187 g/mol. The number of halogens is 1. The number of phenolic OH excluding ortho intramolecular Hbond substituents is 1. The van der Waals surface area contributed by atoms with E-state index in [0.717, 1.165) is 5.56 Å². The summed E-state index contributed by atoms with van der Waals surface area (Å²) in [6.45, 7) is 3.59. The van der Waals surface area contributed by atoms with Gasteiger partial charge in [0.25, 0.3) is 0 Å². The van der Waals surface area contributed by atoms with Gasteiger partial charge in [-0.25, -0.2) is 0 Å². The van der Waals surface area contributed by atoms with Crippen molar-refractivity contribution in [2.75, 3.05) is 7.11 Å². The lowest BCUT2D eigenvalue weighted by Gasteiger charge is -2.10. The first-order valence-electron chi connectivity index (χ1n) is 3.60. The van der Waals surface area contributed by atoms with Crippen molar-refractivity contribution in [1.82, 2.24) is 0 Å². The summed E-state index contributed by atoms with van der Waals surface area (Å²) in [6.07, 6.45) is 0. The second-order valence-corrected chi connectivity index (χ2v) is 3.06. The molecule has 0 heterocycles. The van der Waals surface area contributed by atoms with E-state index in [1.165, 1.54) is 7.11 Å². The summed E-state index contributed by atoms with van der Waals surface area (Å²) in [7, 11) is 1.53. The smallest absolute Gasteiger partial charge is 0.144 e. The highest BCUT2D eigenvalue weighted by atomic mass is 35.5. The van der Waals surface area contributed by atoms with Crippen LogP contribution in [0.4, 0.5) is 0 Å². The quantitative estimate of drug-likeness (QED) is 0.731. The molecule has 0 aliphatic heterocycles. The van der Waals surface area contributed by atoms with Gasteiger partial charge < -0.3 is 9.84 Å². The van der Waals surface area contributed by atoms with E-state index in [1.807, 2.05) is 6.92 Å². The fraction of sp³-hybridized carbons (Fsp3) is 0.333. The van der Waals surface area contributed by atoms with Crippen LogP contribution < -0.4 is 4.74 Å². The molecule has 0 spiro atoms. The second kappa shape index (κ2) is 3.23. The number of rotatable bonds is 1. The van der Waals surface area contributed by atoms with Gasteiger partial charge in [0, 0.05) is 5.56 Å². The second-order valence-electron chi connectivity index (χ2n) is 2.68. The summed E-state index contributed by atoms with van der Waals surface area (Å²) in [4.78, 5) is 0. The molecule has 0 aromatic heterocycles. The highest BCUT2D eigenvalue weighted by molar-refractivity contribution is 6.33. The molecule has 0 aliphatic carbocycles. The van der Waals surface area contributed by atoms with Crippen LogP contribution in [0.15, 0.2) is 6.07 Å². The molecule has 0 amide bonds. The van der Waals surface area contributed by atoms with Crippen LogP contribution in [0.1, 0.15) is 11.1 Å². The van der Waals surface area contributed by atoms with Crippen molar-refractivity contribution in [1.29, 1.82) is 0 Å². The van der Waals surface area contributed by atoms with E-state index in [9.17, 15) is 5.11 Å². The molecule has 2 nitrogen and oxygen atoms in total. The van der Waals surface area contributed by atoms with Gasteiger partial charge in [-0.1, -0.05) is 11.6 Å². The Morgan fingerprint density at radius 1 is 1.42 bits per heavy atom. The maximum atomic E-state index is 9.40. The molecule has 0 aliphatic rings. The molecule has 0 bridgehead atoms. The normalized spacial score (nSPS) is 10.0. The highest BCUT2D eigenvalue weighted by Crippen LogP contribution is 2.36. The number of aromatic hydroxyl groups is 1. The Kier molecular flexibility index (Phi) is 2.48. The van der Waals surface area contributed by atoms with Crippen molar-refractivity contribution in [2.45, 2.75) is 13.8 Å². The third-order valence-corrected chi connectivity index (χ3v) is 2.30. The van der Waals surface area contributed by atoms with Crippen LogP contribution in [-0.4, -0.2) is 12.2 Å². The zero-order chi connectivity index (χ0) is 9.30. The van der Waals surface area contributed by atoms with E-state index in [4.69, 9.17) is 16.3 Å². The van der Waals surface area contributed by atoms with Gasteiger partial charge in [-0.3, -0.25) is 0 Å². The lowest BCUT2D eigenvalue weighted by Crippen LogP contribution is -1.90. The van der Waals surface area contributed by atoms with Crippen LogP contribution in [-0.2, 0) is 0 Å². The lowest BCUT2D eigenvalue weighted by atomic mass is 10.1. The largest absolute Gasteiger partial charge is 0.508 e. The zero-order valence-electron chi connectivity index (χ0n) is 7.31. The van der Waals surface area contributed by atoms with E-state index in [1.54, 1.807) is 13.0 Å². The van der Waals surface area contributed by atoms with Crippen molar-refractivity contribution in [3.63, 3.8) is 0 Å². The van der Waals surface area contributed by atoms with E-state index < -0.39 is 0 Å². The van der Waals surface area contributed by atoms with Crippen LogP contribution in [0, 0.1) is 13.8 Å². The van der Waals surface area contributed by atoms with Crippen LogP contribution in [0.3, 0.4) is 0 Å². The molecule has 66 valence electrons. The fourth-order valence-corrected chi connectivity index (χ4v) is 1.35. The number of phenols is 1. The van der Waals surface area contributed by atoms with Gasteiger partial charge in [-0.15, -0.1) is 0 Å². The third kappa shape index (κ3) is 1.34. The van der Waals surface area contributed by atoms with Crippen molar-refractivity contribution >= 4 is 11.6 Å². The van der Waals surface area contributed by atoms with Gasteiger partial charge in [0.2, 0.25) is 0 Å². The fourth-order valence-electron chi connectivity index (χ4n) is 1.08. The first-order chi connectivity index (χ1) is 5.57. The first kappa shape index (κ1) is 9.20. The summed E-state index contributed by atoms with van der Waals surface area (Å²) < 4.78 is 5.05. The number of aryl methyl sites for hydroxylation is 1. The molecule has 0 unspecified atom stereocenters. The monoisotopic (exact) mass is 186 g/mol. The summed E-state index contributed by atoms with van der Waals surface area (Å²) in [5.74, 6) is 0.767. The summed E-state index contributed by atoms with van der Waals surface area (Å²) in [6, 6.07) is 1.63. The molecule has 0 saturated carbocycles. The minimum atomic E-state index is 0.216. The molecule has 0 radical (unpaired) electrons. The van der Waals surface area contributed by atoms with E-state index in [2.05, 4.69) is 0 Å². The van der Waals surface area contributed by atoms with Gasteiger partial charge in [-0.05, 0) is 25.5 Å². The molecule has 1 aromatic rings. The average Bonchev–Trinajstić information content (AvgIpc) is 2.02. The minimum absolute atomic E-state index is 0.216. The van der Waals surface area contributed by atoms with Crippen LogP contribution in [0.25, 0.3) is 0 Å². The Hall–Kier alpha value is -0.890. The minimum Gasteiger partial charge on any atom is -0.508 e. The van der Waals surface area contributed by atoms with Crippen LogP contribution in [0.2, 0.25) is 5.02 Å². The molecular formula is C9H11ClO2. The maximum absolute atomic E-state index is 9.40. The van der Waals surface area contributed by atoms with Crippen LogP contribution >= 0.6 is 11.6 Å². The third-order valence-electron chi connectivity index (χ3n) is 1.83. The zero-order valence-corrected chi connectivity index (χ0v) is 8.07. The van der Waals surface area contributed by atoms with Gasteiger partial charge in [0.05, 0.1) is 12.1 Å². The molecule has 12 heavy (non-hydrogen) atoms. The number of benzene rings is 1. The lowest BCUT2D eigenvalue weighted by molar-refractivity contribution is 0.402. The van der Waals surface area contributed by atoms with Gasteiger partial charge in [0.15, 0.2) is 0 Å². The van der Waals surface area contributed by atoms with Crippen LogP contribution in [0.5, 0.6) is 11.5 Å². The van der Waals surface area contributed by atoms with Crippen molar-refractivity contribution < 1.29 is 9.84 Å². The molecular weight excluding hydrogens is 176 g/mol. The molecule has 1 aromatic carbocycles. The van der Waals surface area contributed by atoms with E-state index in [-0.39, 0.29) is 5.75 Å². The number of methoxy groups -OCH3 is 1.